The normalized spacial score (nSPS) is 11.9. The lowest BCUT2D eigenvalue weighted by Crippen LogP contribution is -2.25. The van der Waals surface area contributed by atoms with E-state index < -0.39 is 5.92 Å². The molecule has 0 aliphatic rings. The molecule has 0 aromatic heterocycles. The molecule has 0 radical (unpaired) electrons. The molecule has 0 heterocycles. The fourth-order valence-electron chi connectivity index (χ4n) is 1.50. The standard InChI is InChI=1S/C14H15NO/c1-4-12(10(2)3)13(15)14(16)11-8-6-5-7-9-11/h1,5-10,12,15H,2-3H3/t12-/m1/s1. The molecule has 16 heavy (non-hydrogen) atoms. The molecule has 0 unspecified atom stereocenters. The van der Waals surface area contributed by atoms with E-state index in [1.54, 1.807) is 24.3 Å². The van der Waals surface area contributed by atoms with Crippen molar-refractivity contribution in [3.8, 4) is 12.3 Å². The van der Waals surface area contributed by atoms with Crippen LogP contribution in [0.5, 0.6) is 0 Å². The number of benzene rings is 1. The van der Waals surface area contributed by atoms with Crippen molar-refractivity contribution in [1.29, 1.82) is 5.41 Å². The summed E-state index contributed by atoms with van der Waals surface area (Å²) in [4.78, 5) is 11.9. The summed E-state index contributed by atoms with van der Waals surface area (Å²) in [6, 6.07) is 8.79. The van der Waals surface area contributed by atoms with Crippen LogP contribution >= 0.6 is 0 Å². The van der Waals surface area contributed by atoms with Crippen molar-refractivity contribution in [2.45, 2.75) is 13.8 Å². The molecule has 0 fully saturated rings. The van der Waals surface area contributed by atoms with Crippen molar-refractivity contribution >= 4 is 11.5 Å². The van der Waals surface area contributed by atoms with Crippen molar-refractivity contribution in [3.63, 3.8) is 0 Å². The lowest BCUT2D eigenvalue weighted by atomic mass is 9.88. The van der Waals surface area contributed by atoms with Gasteiger partial charge >= 0.3 is 0 Å². The van der Waals surface area contributed by atoms with Gasteiger partial charge in [-0.2, -0.15) is 0 Å². The van der Waals surface area contributed by atoms with Crippen LogP contribution in [0.15, 0.2) is 30.3 Å². The molecule has 2 heteroatoms. The zero-order chi connectivity index (χ0) is 12.1. The van der Waals surface area contributed by atoms with Crippen LogP contribution in [0.2, 0.25) is 0 Å². The van der Waals surface area contributed by atoms with Gasteiger partial charge in [0, 0.05) is 5.56 Å². The summed E-state index contributed by atoms with van der Waals surface area (Å²) < 4.78 is 0. The fraction of sp³-hybridized carbons (Fsp3) is 0.286. The second-order valence-corrected chi connectivity index (χ2v) is 4.00. The van der Waals surface area contributed by atoms with Gasteiger partial charge in [-0.15, -0.1) is 6.42 Å². The van der Waals surface area contributed by atoms with Gasteiger partial charge in [0.25, 0.3) is 0 Å². The molecular weight excluding hydrogens is 198 g/mol. The van der Waals surface area contributed by atoms with Gasteiger partial charge in [-0.3, -0.25) is 10.2 Å². The lowest BCUT2D eigenvalue weighted by Gasteiger charge is -2.14. The van der Waals surface area contributed by atoms with Crippen LogP contribution in [0.4, 0.5) is 0 Å². The Labute approximate surface area is 96.2 Å². The summed E-state index contributed by atoms with van der Waals surface area (Å²) in [5, 5.41) is 7.83. The second kappa shape index (κ2) is 5.27. The Balaban J connectivity index is 2.92. The molecule has 1 atom stereocenters. The van der Waals surface area contributed by atoms with Crippen LogP contribution in [0.25, 0.3) is 0 Å². The number of terminal acetylenes is 1. The molecule has 0 aliphatic carbocycles. The predicted octanol–water partition coefficient (Wildman–Crippen LogP) is 2.79. The summed E-state index contributed by atoms with van der Waals surface area (Å²) in [5.41, 5.74) is 0.525. The number of Topliss-reactive ketones (excluding diaryl/α,β-unsaturated/α-hetero) is 1. The Morgan fingerprint density at radius 1 is 1.31 bits per heavy atom. The Kier molecular flexibility index (Phi) is 4.02. The van der Waals surface area contributed by atoms with E-state index in [0.29, 0.717) is 5.56 Å². The van der Waals surface area contributed by atoms with Gasteiger partial charge in [-0.05, 0) is 5.92 Å². The van der Waals surface area contributed by atoms with Crippen molar-refractivity contribution in [1.82, 2.24) is 0 Å². The number of nitrogens with one attached hydrogen (secondary N) is 1. The molecule has 1 N–H and O–H groups in total. The Hall–Kier alpha value is -1.88. The Morgan fingerprint density at radius 2 is 1.88 bits per heavy atom. The average molecular weight is 213 g/mol. The molecule has 2 nitrogen and oxygen atoms in total. The molecular formula is C14H15NO. The second-order valence-electron chi connectivity index (χ2n) is 4.00. The third-order valence-electron chi connectivity index (χ3n) is 2.44. The zero-order valence-corrected chi connectivity index (χ0v) is 9.53. The summed E-state index contributed by atoms with van der Waals surface area (Å²) in [5.74, 6) is 1.92. The molecule has 0 aliphatic heterocycles. The first-order chi connectivity index (χ1) is 7.57. The third kappa shape index (κ3) is 2.58. The van der Waals surface area contributed by atoms with E-state index in [0.717, 1.165) is 0 Å². The minimum Gasteiger partial charge on any atom is -0.300 e. The van der Waals surface area contributed by atoms with Gasteiger partial charge in [-0.25, -0.2) is 0 Å². The number of rotatable bonds is 4. The van der Waals surface area contributed by atoms with Gasteiger partial charge < -0.3 is 0 Å². The van der Waals surface area contributed by atoms with E-state index >= 15 is 0 Å². The molecule has 1 aromatic rings. The highest BCUT2D eigenvalue weighted by Gasteiger charge is 2.22. The predicted molar refractivity (Wildman–Crippen MR) is 65.7 cm³/mol. The first-order valence-corrected chi connectivity index (χ1v) is 5.22. The third-order valence-corrected chi connectivity index (χ3v) is 2.44. The monoisotopic (exact) mass is 213 g/mol. The molecule has 0 spiro atoms. The lowest BCUT2D eigenvalue weighted by molar-refractivity contribution is 0.105. The van der Waals surface area contributed by atoms with E-state index in [9.17, 15) is 4.79 Å². The summed E-state index contributed by atoms with van der Waals surface area (Å²) in [6.45, 7) is 3.83. The van der Waals surface area contributed by atoms with Gasteiger partial charge in [-0.1, -0.05) is 50.1 Å². The quantitative estimate of drug-likeness (QED) is 0.466. The molecule has 0 amide bonds. The van der Waals surface area contributed by atoms with E-state index in [1.807, 2.05) is 19.9 Å². The number of hydrogen-bond acceptors (Lipinski definition) is 2. The zero-order valence-electron chi connectivity index (χ0n) is 9.53. The Bertz CT molecular complexity index is 426. The van der Waals surface area contributed by atoms with Crippen LogP contribution in [0.1, 0.15) is 24.2 Å². The highest BCUT2D eigenvalue weighted by molar-refractivity contribution is 6.46. The topological polar surface area (TPSA) is 40.9 Å². The minimum atomic E-state index is -0.410. The number of carbonyl (C=O) groups is 1. The van der Waals surface area contributed by atoms with Crippen molar-refractivity contribution in [2.24, 2.45) is 11.8 Å². The van der Waals surface area contributed by atoms with E-state index in [4.69, 9.17) is 11.8 Å². The van der Waals surface area contributed by atoms with Crippen LogP contribution < -0.4 is 0 Å². The fourth-order valence-corrected chi connectivity index (χ4v) is 1.50. The largest absolute Gasteiger partial charge is 0.300 e. The smallest absolute Gasteiger partial charge is 0.207 e. The molecule has 0 saturated carbocycles. The number of hydrogen-bond donors (Lipinski definition) is 1. The van der Waals surface area contributed by atoms with E-state index in [2.05, 4.69) is 5.92 Å². The molecule has 0 saturated heterocycles. The Morgan fingerprint density at radius 3 is 2.31 bits per heavy atom. The van der Waals surface area contributed by atoms with Crippen LogP contribution in [0, 0.1) is 29.6 Å². The minimum absolute atomic E-state index is 0.00343. The molecule has 1 rings (SSSR count). The highest BCUT2D eigenvalue weighted by Crippen LogP contribution is 2.14. The summed E-state index contributed by atoms with van der Waals surface area (Å²) >= 11 is 0. The maximum Gasteiger partial charge on any atom is 0.207 e. The highest BCUT2D eigenvalue weighted by atomic mass is 16.1. The molecule has 82 valence electrons. The number of carbonyl (C=O) groups excluding carboxylic acids is 1. The van der Waals surface area contributed by atoms with E-state index in [-0.39, 0.29) is 17.4 Å². The van der Waals surface area contributed by atoms with Crippen LogP contribution in [-0.4, -0.2) is 11.5 Å². The average Bonchev–Trinajstić information content (AvgIpc) is 2.29. The van der Waals surface area contributed by atoms with Gasteiger partial charge in [0.2, 0.25) is 5.78 Å². The van der Waals surface area contributed by atoms with Crippen molar-refractivity contribution in [3.05, 3.63) is 35.9 Å². The SMILES string of the molecule is C#C[C@@H](C(=N)C(=O)c1ccccc1)C(C)C. The molecule has 0 bridgehead atoms. The summed E-state index contributed by atoms with van der Waals surface area (Å²) in [7, 11) is 0. The van der Waals surface area contributed by atoms with E-state index in [1.165, 1.54) is 0 Å². The van der Waals surface area contributed by atoms with Gasteiger partial charge in [0.15, 0.2) is 0 Å². The maximum absolute atomic E-state index is 11.9. The first kappa shape index (κ1) is 12.2. The first-order valence-electron chi connectivity index (χ1n) is 5.22. The van der Waals surface area contributed by atoms with Crippen LogP contribution in [-0.2, 0) is 0 Å². The van der Waals surface area contributed by atoms with Gasteiger partial charge in [0.1, 0.15) is 0 Å². The molecule has 1 aromatic carbocycles. The maximum atomic E-state index is 11.9. The van der Waals surface area contributed by atoms with Gasteiger partial charge in [0.05, 0.1) is 11.6 Å². The summed E-state index contributed by atoms with van der Waals surface area (Å²) in [6.07, 6.45) is 5.35. The van der Waals surface area contributed by atoms with Crippen molar-refractivity contribution < 1.29 is 4.79 Å². The van der Waals surface area contributed by atoms with Crippen molar-refractivity contribution in [2.75, 3.05) is 0 Å². The van der Waals surface area contributed by atoms with Crippen LogP contribution in [0.3, 0.4) is 0 Å². The number of ketones is 1.